The van der Waals surface area contributed by atoms with Crippen LogP contribution in [-0.4, -0.2) is 17.0 Å². The first kappa shape index (κ1) is 13.4. The molecule has 0 saturated heterocycles. The van der Waals surface area contributed by atoms with Crippen LogP contribution in [0.4, 0.5) is 0 Å². The summed E-state index contributed by atoms with van der Waals surface area (Å²) in [5, 5.41) is 3.50. The Hall–Kier alpha value is -0.570. The summed E-state index contributed by atoms with van der Waals surface area (Å²) in [5.74, 6) is -0.242. The lowest BCUT2D eigenvalue weighted by Crippen LogP contribution is -2.54. The van der Waals surface area contributed by atoms with E-state index in [1.807, 2.05) is 0 Å². The highest BCUT2D eigenvalue weighted by molar-refractivity contribution is 5.75. The summed E-state index contributed by atoms with van der Waals surface area (Å²) in [6, 6.07) is 0. The molecule has 84 valence electrons. The molecule has 1 unspecified atom stereocenters. The first-order chi connectivity index (χ1) is 6.24. The Balaban J connectivity index is 4.46. The standard InChI is InChI=1S/C11H24N2O/c1-6-10(3,4)13-11(5,7-2)8-9(12)14/h13H,6-8H2,1-5H3,(H2,12,14). The van der Waals surface area contributed by atoms with E-state index >= 15 is 0 Å². The van der Waals surface area contributed by atoms with Gasteiger partial charge in [-0.1, -0.05) is 13.8 Å². The fourth-order valence-electron chi connectivity index (χ4n) is 1.55. The number of amides is 1. The van der Waals surface area contributed by atoms with Gasteiger partial charge in [0.05, 0.1) is 0 Å². The van der Waals surface area contributed by atoms with Gasteiger partial charge in [-0.05, 0) is 33.6 Å². The summed E-state index contributed by atoms with van der Waals surface area (Å²) in [6.07, 6.45) is 2.33. The second-order valence-corrected chi connectivity index (χ2v) is 4.92. The molecule has 0 heterocycles. The predicted octanol–water partition coefficient (Wildman–Crippen LogP) is 1.81. The van der Waals surface area contributed by atoms with Gasteiger partial charge in [-0.25, -0.2) is 0 Å². The summed E-state index contributed by atoms with van der Waals surface area (Å²) < 4.78 is 0. The maximum absolute atomic E-state index is 10.9. The molecule has 0 aromatic heterocycles. The molecule has 0 fully saturated rings. The molecule has 3 nitrogen and oxygen atoms in total. The quantitative estimate of drug-likeness (QED) is 0.687. The van der Waals surface area contributed by atoms with Crippen molar-refractivity contribution in [1.29, 1.82) is 0 Å². The summed E-state index contributed by atoms with van der Waals surface area (Å²) in [5.41, 5.74) is 5.12. The molecular formula is C11H24N2O. The third-order valence-electron chi connectivity index (χ3n) is 2.87. The first-order valence-electron chi connectivity index (χ1n) is 5.32. The van der Waals surface area contributed by atoms with Crippen LogP contribution in [0.15, 0.2) is 0 Å². The molecule has 0 spiro atoms. The van der Waals surface area contributed by atoms with Crippen molar-refractivity contribution in [3.05, 3.63) is 0 Å². The van der Waals surface area contributed by atoms with Crippen molar-refractivity contribution in [3.8, 4) is 0 Å². The summed E-state index contributed by atoms with van der Waals surface area (Å²) in [7, 11) is 0. The number of nitrogens with two attached hydrogens (primary N) is 1. The van der Waals surface area contributed by atoms with E-state index < -0.39 is 0 Å². The van der Waals surface area contributed by atoms with E-state index in [0.717, 1.165) is 12.8 Å². The van der Waals surface area contributed by atoms with Gasteiger partial charge in [-0.2, -0.15) is 0 Å². The molecule has 0 aromatic rings. The van der Waals surface area contributed by atoms with E-state index in [1.54, 1.807) is 0 Å². The van der Waals surface area contributed by atoms with Crippen LogP contribution < -0.4 is 11.1 Å². The Morgan fingerprint density at radius 2 is 1.71 bits per heavy atom. The Bertz CT molecular complexity index is 201. The molecule has 0 aliphatic rings. The van der Waals surface area contributed by atoms with E-state index in [-0.39, 0.29) is 17.0 Å². The predicted molar refractivity (Wildman–Crippen MR) is 60.0 cm³/mol. The lowest BCUT2D eigenvalue weighted by atomic mass is 9.89. The van der Waals surface area contributed by atoms with Crippen molar-refractivity contribution in [1.82, 2.24) is 5.32 Å². The molecule has 0 saturated carbocycles. The number of primary amides is 1. The van der Waals surface area contributed by atoms with Gasteiger partial charge < -0.3 is 11.1 Å². The molecule has 0 bridgehead atoms. The minimum Gasteiger partial charge on any atom is -0.370 e. The molecule has 0 aliphatic heterocycles. The van der Waals surface area contributed by atoms with E-state index in [1.165, 1.54) is 0 Å². The van der Waals surface area contributed by atoms with Crippen molar-refractivity contribution in [2.24, 2.45) is 5.73 Å². The number of nitrogens with one attached hydrogen (secondary N) is 1. The van der Waals surface area contributed by atoms with E-state index in [2.05, 4.69) is 39.9 Å². The smallest absolute Gasteiger partial charge is 0.219 e. The van der Waals surface area contributed by atoms with Gasteiger partial charge in [-0.15, -0.1) is 0 Å². The highest BCUT2D eigenvalue weighted by atomic mass is 16.1. The van der Waals surface area contributed by atoms with E-state index in [4.69, 9.17) is 5.73 Å². The van der Waals surface area contributed by atoms with Gasteiger partial charge in [0, 0.05) is 17.5 Å². The second kappa shape index (κ2) is 4.78. The average Bonchev–Trinajstić information content (AvgIpc) is 2.02. The van der Waals surface area contributed by atoms with Gasteiger partial charge in [-0.3, -0.25) is 4.79 Å². The molecule has 3 heteroatoms. The summed E-state index contributed by atoms with van der Waals surface area (Å²) in [4.78, 5) is 10.9. The average molecular weight is 200 g/mol. The molecule has 0 radical (unpaired) electrons. The van der Waals surface area contributed by atoms with Crippen LogP contribution in [0, 0.1) is 0 Å². The van der Waals surface area contributed by atoms with Crippen LogP contribution in [0.1, 0.15) is 53.9 Å². The topological polar surface area (TPSA) is 55.1 Å². The zero-order valence-electron chi connectivity index (χ0n) is 10.1. The molecule has 1 amide bonds. The maximum Gasteiger partial charge on any atom is 0.219 e. The van der Waals surface area contributed by atoms with Crippen LogP contribution in [-0.2, 0) is 4.79 Å². The lowest BCUT2D eigenvalue weighted by molar-refractivity contribution is -0.119. The molecule has 14 heavy (non-hydrogen) atoms. The van der Waals surface area contributed by atoms with Gasteiger partial charge in [0.25, 0.3) is 0 Å². The molecular weight excluding hydrogens is 176 g/mol. The second-order valence-electron chi connectivity index (χ2n) is 4.92. The van der Waals surface area contributed by atoms with Crippen LogP contribution in [0.25, 0.3) is 0 Å². The van der Waals surface area contributed by atoms with Crippen LogP contribution in [0.2, 0.25) is 0 Å². The monoisotopic (exact) mass is 200 g/mol. The largest absolute Gasteiger partial charge is 0.370 e. The third kappa shape index (κ3) is 4.61. The Morgan fingerprint density at radius 3 is 2.00 bits per heavy atom. The number of hydrogen-bond acceptors (Lipinski definition) is 2. The van der Waals surface area contributed by atoms with Gasteiger partial charge in [0.2, 0.25) is 5.91 Å². The SMILES string of the molecule is CCC(C)(C)NC(C)(CC)CC(N)=O. The number of carbonyl (C=O) groups excluding carboxylic acids is 1. The minimum absolute atomic E-state index is 0.0558. The van der Waals surface area contributed by atoms with Crippen LogP contribution >= 0.6 is 0 Å². The van der Waals surface area contributed by atoms with Crippen LogP contribution in [0.5, 0.6) is 0 Å². The van der Waals surface area contributed by atoms with Crippen molar-refractivity contribution < 1.29 is 4.79 Å². The highest BCUT2D eigenvalue weighted by Crippen LogP contribution is 2.20. The van der Waals surface area contributed by atoms with Gasteiger partial charge in [0.1, 0.15) is 0 Å². The lowest BCUT2D eigenvalue weighted by Gasteiger charge is -2.38. The van der Waals surface area contributed by atoms with Crippen molar-refractivity contribution in [2.45, 2.75) is 65.0 Å². The van der Waals surface area contributed by atoms with E-state index in [0.29, 0.717) is 6.42 Å². The molecule has 0 rings (SSSR count). The Labute approximate surface area is 87.4 Å². The summed E-state index contributed by atoms with van der Waals surface area (Å²) in [6.45, 7) is 10.5. The van der Waals surface area contributed by atoms with Gasteiger partial charge in [0.15, 0.2) is 0 Å². The maximum atomic E-state index is 10.9. The minimum atomic E-state index is -0.242. The molecule has 0 aliphatic carbocycles. The fraction of sp³-hybridized carbons (Fsp3) is 0.909. The Kier molecular flexibility index (Phi) is 4.59. The zero-order valence-corrected chi connectivity index (χ0v) is 10.1. The number of hydrogen-bond donors (Lipinski definition) is 2. The normalized spacial score (nSPS) is 16.4. The fourth-order valence-corrected chi connectivity index (χ4v) is 1.55. The highest BCUT2D eigenvalue weighted by Gasteiger charge is 2.30. The molecule has 1 atom stereocenters. The summed E-state index contributed by atoms with van der Waals surface area (Å²) >= 11 is 0. The van der Waals surface area contributed by atoms with Crippen LogP contribution in [0.3, 0.4) is 0 Å². The Morgan fingerprint density at radius 1 is 1.21 bits per heavy atom. The first-order valence-corrected chi connectivity index (χ1v) is 5.32. The third-order valence-corrected chi connectivity index (χ3v) is 2.87. The zero-order chi connectivity index (χ0) is 11.4. The van der Waals surface area contributed by atoms with E-state index in [9.17, 15) is 4.79 Å². The van der Waals surface area contributed by atoms with Gasteiger partial charge >= 0.3 is 0 Å². The molecule has 0 aromatic carbocycles. The van der Waals surface area contributed by atoms with Crippen molar-refractivity contribution in [2.75, 3.05) is 0 Å². The van der Waals surface area contributed by atoms with Crippen molar-refractivity contribution >= 4 is 5.91 Å². The van der Waals surface area contributed by atoms with Crippen molar-refractivity contribution in [3.63, 3.8) is 0 Å². The number of rotatable bonds is 6. The number of carbonyl (C=O) groups is 1. The molecule has 3 N–H and O–H groups in total.